The molecule has 2 aromatic rings. The molecule has 0 saturated carbocycles. The summed E-state index contributed by atoms with van der Waals surface area (Å²) in [5.41, 5.74) is 1.48. The van der Waals surface area contributed by atoms with Crippen LogP contribution in [0.15, 0.2) is 41.3 Å². The van der Waals surface area contributed by atoms with Crippen LogP contribution in [0.25, 0.3) is 0 Å². The summed E-state index contributed by atoms with van der Waals surface area (Å²) in [6.07, 6.45) is 1.62. The monoisotopic (exact) mass is 257 g/mol. The van der Waals surface area contributed by atoms with E-state index in [4.69, 9.17) is 0 Å². The van der Waals surface area contributed by atoms with Crippen molar-refractivity contribution in [1.29, 1.82) is 0 Å². The molecule has 19 heavy (non-hydrogen) atoms. The van der Waals surface area contributed by atoms with Crippen molar-refractivity contribution in [3.63, 3.8) is 0 Å². The Bertz CT molecular complexity index is 621. The number of anilines is 1. The minimum atomic E-state index is -0.173. The summed E-state index contributed by atoms with van der Waals surface area (Å²) in [6, 6.07) is 8.34. The van der Waals surface area contributed by atoms with E-state index < -0.39 is 0 Å². The molecule has 1 amide bonds. The molecule has 0 unspecified atom stereocenters. The summed E-state index contributed by atoms with van der Waals surface area (Å²) in [5, 5.41) is 2.71. The predicted octanol–water partition coefficient (Wildman–Crippen LogP) is 1.50. The Morgan fingerprint density at radius 2 is 1.95 bits per heavy atom. The normalized spacial score (nSPS) is 10.2. The van der Waals surface area contributed by atoms with Gasteiger partial charge in [0.15, 0.2) is 5.43 Å². The molecule has 0 fully saturated rings. The van der Waals surface area contributed by atoms with Gasteiger partial charge in [-0.1, -0.05) is 6.07 Å². The lowest BCUT2D eigenvalue weighted by Gasteiger charge is -2.13. The second kappa shape index (κ2) is 5.48. The molecule has 0 aromatic carbocycles. The largest absolute Gasteiger partial charge is 0.340 e. The van der Waals surface area contributed by atoms with Crippen LogP contribution in [0.2, 0.25) is 0 Å². The molecule has 0 bridgehead atoms. The summed E-state index contributed by atoms with van der Waals surface area (Å²) in [7, 11) is 0. The van der Waals surface area contributed by atoms with E-state index in [2.05, 4.69) is 10.3 Å². The maximum Gasteiger partial charge on any atom is 0.245 e. The Hall–Kier alpha value is -2.43. The minimum absolute atomic E-state index is 0.0450. The fraction of sp³-hybridized carbons (Fsp3) is 0.214. The van der Waals surface area contributed by atoms with Gasteiger partial charge in [0.1, 0.15) is 12.4 Å². The lowest BCUT2D eigenvalue weighted by molar-refractivity contribution is -0.116. The van der Waals surface area contributed by atoms with Crippen molar-refractivity contribution in [3.05, 3.63) is 58.1 Å². The highest BCUT2D eigenvalue weighted by Crippen LogP contribution is 2.04. The highest BCUT2D eigenvalue weighted by molar-refractivity contribution is 5.89. The summed E-state index contributed by atoms with van der Waals surface area (Å²) in [4.78, 5) is 27.3. The molecule has 2 rings (SSSR count). The molecule has 0 radical (unpaired) electrons. The van der Waals surface area contributed by atoms with E-state index in [-0.39, 0.29) is 17.9 Å². The van der Waals surface area contributed by atoms with Gasteiger partial charge in [-0.2, -0.15) is 0 Å². The number of amides is 1. The number of nitrogens with zero attached hydrogens (tertiary/aromatic N) is 2. The van der Waals surface area contributed by atoms with Crippen LogP contribution >= 0.6 is 0 Å². The van der Waals surface area contributed by atoms with Gasteiger partial charge in [0.05, 0.1) is 0 Å². The van der Waals surface area contributed by atoms with Crippen LogP contribution in [0.1, 0.15) is 11.4 Å². The third kappa shape index (κ3) is 3.28. The van der Waals surface area contributed by atoms with Crippen molar-refractivity contribution < 1.29 is 4.79 Å². The van der Waals surface area contributed by atoms with E-state index in [1.807, 2.05) is 13.8 Å². The standard InChI is InChI=1S/C14H15N3O2/c1-10-7-12(18)8-11(2)17(10)9-14(19)16-13-5-3-4-6-15-13/h3-8H,9H2,1-2H3,(H,15,16,19). The van der Waals surface area contributed by atoms with E-state index in [0.29, 0.717) is 5.82 Å². The quantitative estimate of drug-likeness (QED) is 0.906. The Morgan fingerprint density at radius 3 is 2.53 bits per heavy atom. The van der Waals surface area contributed by atoms with E-state index in [1.165, 1.54) is 12.1 Å². The molecule has 0 aliphatic rings. The van der Waals surface area contributed by atoms with Gasteiger partial charge in [-0.25, -0.2) is 4.98 Å². The summed E-state index contributed by atoms with van der Waals surface area (Å²) >= 11 is 0. The van der Waals surface area contributed by atoms with Gasteiger partial charge in [0.25, 0.3) is 0 Å². The molecule has 0 aliphatic heterocycles. The lowest BCUT2D eigenvalue weighted by Crippen LogP contribution is -2.23. The lowest BCUT2D eigenvalue weighted by atomic mass is 10.3. The number of carbonyl (C=O) groups is 1. The Balaban J connectivity index is 2.14. The van der Waals surface area contributed by atoms with E-state index in [0.717, 1.165) is 11.4 Å². The fourth-order valence-electron chi connectivity index (χ4n) is 1.90. The Labute approximate surface area is 110 Å². The van der Waals surface area contributed by atoms with Crippen molar-refractivity contribution in [2.75, 3.05) is 5.32 Å². The van der Waals surface area contributed by atoms with E-state index in [9.17, 15) is 9.59 Å². The van der Waals surface area contributed by atoms with E-state index >= 15 is 0 Å². The van der Waals surface area contributed by atoms with Gasteiger partial charge in [-0.05, 0) is 26.0 Å². The molecule has 2 aromatic heterocycles. The van der Waals surface area contributed by atoms with Crippen molar-refractivity contribution in [3.8, 4) is 0 Å². The van der Waals surface area contributed by atoms with Gasteiger partial charge < -0.3 is 9.88 Å². The third-order valence-corrected chi connectivity index (χ3v) is 2.79. The first-order valence-corrected chi connectivity index (χ1v) is 5.95. The van der Waals surface area contributed by atoms with E-state index in [1.54, 1.807) is 29.0 Å². The zero-order chi connectivity index (χ0) is 13.8. The molecular weight excluding hydrogens is 242 g/mol. The minimum Gasteiger partial charge on any atom is -0.340 e. The summed E-state index contributed by atoms with van der Waals surface area (Å²) < 4.78 is 1.79. The van der Waals surface area contributed by atoms with Crippen LogP contribution in [0.3, 0.4) is 0 Å². The Morgan fingerprint density at radius 1 is 1.26 bits per heavy atom. The number of hydrogen-bond acceptors (Lipinski definition) is 3. The molecular formula is C14H15N3O2. The SMILES string of the molecule is Cc1cc(=O)cc(C)n1CC(=O)Nc1ccccn1. The molecule has 5 nitrogen and oxygen atoms in total. The zero-order valence-electron chi connectivity index (χ0n) is 10.9. The zero-order valence-corrected chi connectivity index (χ0v) is 10.9. The molecule has 1 N–H and O–H groups in total. The van der Waals surface area contributed by atoms with Gasteiger partial charge in [0, 0.05) is 29.7 Å². The molecule has 5 heteroatoms. The van der Waals surface area contributed by atoms with Gasteiger partial charge in [-0.15, -0.1) is 0 Å². The van der Waals surface area contributed by atoms with Crippen molar-refractivity contribution in [2.24, 2.45) is 0 Å². The number of hydrogen-bond donors (Lipinski definition) is 1. The first-order valence-electron chi connectivity index (χ1n) is 5.95. The number of pyridine rings is 2. The van der Waals surface area contributed by atoms with Crippen LogP contribution in [-0.2, 0) is 11.3 Å². The molecule has 2 heterocycles. The van der Waals surface area contributed by atoms with Crippen LogP contribution in [-0.4, -0.2) is 15.5 Å². The number of nitrogens with one attached hydrogen (secondary N) is 1. The molecule has 0 saturated heterocycles. The second-order valence-corrected chi connectivity index (χ2v) is 4.32. The van der Waals surface area contributed by atoms with Crippen LogP contribution in [0.4, 0.5) is 5.82 Å². The smallest absolute Gasteiger partial charge is 0.245 e. The summed E-state index contributed by atoms with van der Waals surface area (Å²) in [5.74, 6) is 0.345. The third-order valence-electron chi connectivity index (χ3n) is 2.79. The summed E-state index contributed by atoms with van der Waals surface area (Å²) in [6.45, 7) is 3.78. The average Bonchev–Trinajstić information content (AvgIpc) is 2.35. The highest BCUT2D eigenvalue weighted by Gasteiger charge is 2.07. The van der Waals surface area contributed by atoms with Gasteiger partial charge in [-0.3, -0.25) is 9.59 Å². The number of rotatable bonds is 3. The molecule has 0 aliphatic carbocycles. The van der Waals surface area contributed by atoms with Gasteiger partial charge >= 0.3 is 0 Å². The maximum absolute atomic E-state index is 11.9. The molecule has 98 valence electrons. The van der Waals surface area contributed by atoms with Crippen LogP contribution in [0, 0.1) is 13.8 Å². The number of carbonyl (C=O) groups excluding carboxylic acids is 1. The maximum atomic E-state index is 11.9. The predicted molar refractivity (Wildman–Crippen MR) is 73.0 cm³/mol. The average molecular weight is 257 g/mol. The van der Waals surface area contributed by atoms with Crippen LogP contribution in [0.5, 0.6) is 0 Å². The topological polar surface area (TPSA) is 64.0 Å². The van der Waals surface area contributed by atoms with Crippen molar-refractivity contribution >= 4 is 11.7 Å². The van der Waals surface area contributed by atoms with Crippen LogP contribution < -0.4 is 10.7 Å². The highest BCUT2D eigenvalue weighted by atomic mass is 16.2. The Kier molecular flexibility index (Phi) is 3.75. The van der Waals surface area contributed by atoms with Crippen molar-refractivity contribution in [2.45, 2.75) is 20.4 Å². The second-order valence-electron chi connectivity index (χ2n) is 4.32. The fourth-order valence-corrected chi connectivity index (χ4v) is 1.90. The molecule has 0 atom stereocenters. The number of aryl methyl sites for hydroxylation is 2. The number of aromatic nitrogens is 2. The van der Waals surface area contributed by atoms with Crippen molar-refractivity contribution in [1.82, 2.24) is 9.55 Å². The van der Waals surface area contributed by atoms with Gasteiger partial charge in [0.2, 0.25) is 5.91 Å². The first-order chi connectivity index (χ1) is 9.06. The molecule has 0 spiro atoms. The first kappa shape index (κ1) is 13.0.